The van der Waals surface area contributed by atoms with Gasteiger partial charge >= 0.3 is 5.97 Å². The van der Waals surface area contributed by atoms with Gasteiger partial charge in [-0.3, -0.25) is 4.79 Å². The molecule has 0 radical (unpaired) electrons. The molecule has 2 nitrogen and oxygen atoms in total. The van der Waals surface area contributed by atoms with E-state index in [0.717, 1.165) is 25.7 Å². The maximum absolute atomic E-state index is 12.4. The lowest BCUT2D eigenvalue weighted by Crippen LogP contribution is -2.32. The van der Waals surface area contributed by atoms with E-state index in [0.29, 0.717) is 5.92 Å². The molecule has 2 aromatic rings. The summed E-state index contributed by atoms with van der Waals surface area (Å²) in [6.07, 6.45) is 4.16. The van der Waals surface area contributed by atoms with Gasteiger partial charge in [0.1, 0.15) is 6.10 Å². The standard InChI is InChI=1S/C19H20O2/c1-13-17-7-4-10-19(17,18(20)21-13)12-14-8-9-15-5-2-3-6-16(15)11-14/h2-3,5-6,8-9,11,13,17H,4,7,10,12H2,1H3. The van der Waals surface area contributed by atoms with Crippen LogP contribution < -0.4 is 0 Å². The second-order valence-corrected chi connectivity index (χ2v) is 6.62. The first-order valence-corrected chi connectivity index (χ1v) is 7.88. The van der Waals surface area contributed by atoms with Crippen molar-refractivity contribution in [3.63, 3.8) is 0 Å². The molecule has 0 N–H and O–H groups in total. The second kappa shape index (κ2) is 4.59. The number of esters is 1. The summed E-state index contributed by atoms with van der Waals surface area (Å²) in [7, 11) is 0. The van der Waals surface area contributed by atoms with Crippen LogP contribution >= 0.6 is 0 Å². The minimum Gasteiger partial charge on any atom is -0.462 e. The number of cyclic esters (lactones) is 1. The third-order valence-electron chi connectivity index (χ3n) is 5.45. The van der Waals surface area contributed by atoms with E-state index in [-0.39, 0.29) is 17.5 Å². The Labute approximate surface area is 125 Å². The molecule has 1 aliphatic heterocycles. The predicted molar refractivity (Wildman–Crippen MR) is 83.0 cm³/mol. The van der Waals surface area contributed by atoms with Crippen LogP contribution in [0.2, 0.25) is 0 Å². The molecule has 0 aromatic heterocycles. The summed E-state index contributed by atoms with van der Waals surface area (Å²) in [6, 6.07) is 15.0. The van der Waals surface area contributed by atoms with Crippen molar-refractivity contribution < 1.29 is 9.53 Å². The Balaban J connectivity index is 1.71. The first kappa shape index (κ1) is 12.9. The minimum atomic E-state index is -0.262. The first-order valence-electron chi connectivity index (χ1n) is 7.88. The molecule has 2 heteroatoms. The molecule has 3 unspecified atom stereocenters. The lowest BCUT2D eigenvalue weighted by atomic mass is 9.73. The maximum Gasteiger partial charge on any atom is 0.313 e. The first-order chi connectivity index (χ1) is 10.2. The molecular weight excluding hydrogens is 260 g/mol. The molecule has 0 spiro atoms. The van der Waals surface area contributed by atoms with Gasteiger partial charge in [0.2, 0.25) is 0 Å². The van der Waals surface area contributed by atoms with Crippen molar-refractivity contribution in [3.8, 4) is 0 Å². The van der Waals surface area contributed by atoms with Crippen molar-refractivity contribution >= 4 is 16.7 Å². The van der Waals surface area contributed by atoms with Gasteiger partial charge in [0.05, 0.1) is 5.41 Å². The molecule has 108 valence electrons. The van der Waals surface area contributed by atoms with Crippen molar-refractivity contribution in [2.75, 3.05) is 0 Å². The van der Waals surface area contributed by atoms with E-state index in [1.54, 1.807) is 0 Å². The molecule has 3 atom stereocenters. The van der Waals surface area contributed by atoms with Crippen LogP contribution in [0.3, 0.4) is 0 Å². The molecular formula is C19H20O2. The zero-order chi connectivity index (χ0) is 14.4. The molecule has 1 saturated carbocycles. The number of benzene rings is 2. The summed E-state index contributed by atoms with van der Waals surface area (Å²) < 4.78 is 5.55. The fourth-order valence-corrected chi connectivity index (χ4v) is 4.41. The van der Waals surface area contributed by atoms with Crippen LogP contribution in [-0.2, 0) is 16.0 Å². The summed E-state index contributed by atoms with van der Waals surface area (Å²) >= 11 is 0. The number of hydrogen-bond acceptors (Lipinski definition) is 2. The average molecular weight is 280 g/mol. The number of carbonyl (C=O) groups is 1. The molecule has 4 rings (SSSR count). The van der Waals surface area contributed by atoms with E-state index in [1.807, 2.05) is 0 Å². The summed E-state index contributed by atoms with van der Waals surface area (Å²) in [6.45, 7) is 2.05. The molecule has 1 aliphatic carbocycles. The number of ether oxygens (including phenoxy) is 1. The van der Waals surface area contributed by atoms with Gasteiger partial charge < -0.3 is 4.74 Å². The van der Waals surface area contributed by atoms with E-state index >= 15 is 0 Å². The van der Waals surface area contributed by atoms with Crippen molar-refractivity contribution in [2.24, 2.45) is 11.3 Å². The van der Waals surface area contributed by atoms with Gasteiger partial charge in [-0.25, -0.2) is 0 Å². The number of rotatable bonds is 2. The van der Waals surface area contributed by atoms with Crippen molar-refractivity contribution in [1.82, 2.24) is 0 Å². The van der Waals surface area contributed by atoms with Crippen LogP contribution in [-0.4, -0.2) is 12.1 Å². The van der Waals surface area contributed by atoms with Crippen LogP contribution in [0.4, 0.5) is 0 Å². The molecule has 1 heterocycles. The lowest BCUT2D eigenvalue weighted by Gasteiger charge is -2.25. The van der Waals surface area contributed by atoms with Gasteiger partial charge in [-0.05, 0) is 42.5 Å². The van der Waals surface area contributed by atoms with Crippen LogP contribution in [0.1, 0.15) is 31.7 Å². The highest BCUT2D eigenvalue weighted by atomic mass is 16.6. The van der Waals surface area contributed by atoms with Gasteiger partial charge in [-0.1, -0.05) is 48.9 Å². The van der Waals surface area contributed by atoms with Gasteiger partial charge in [0.25, 0.3) is 0 Å². The van der Waals surface area contributed by atoms with Crippen molar-refractivity contribution in [2.45, 2.75) is 38.7 Å². The van der Waals surface area contributed by atoms with Crippen LogP contribution in [0, 0.1) is 11.3 Å². The maximum atomic E-state index is 12.4. The van der Waals surface area contributed by atoms with E-state index < -0.39 is 0 Å². The Morgan fingerprint density at radius 3 is 2.86 bits per heavy atom. The average Bonchev–Trinajstić information content (AvgIpc) is 3.00. The quantitative estimate of drug-likeness (QED) is 0.774. The van der Waals surface area contributed by atoms with E-state index in [4.69, 9.17) is 4.74 Å². The monoisotopic (exact) mass is 280 g/mol. The summed E-state index contributed by atoms with van der Waals surface area (Å²) in [4.78, 5) is 12.4. The summed E-state index contributed by atoms with van der Waals surface area (Å²) in [5, 5.41) is 2.50. The van der Waals surface area contributed by atoms with E-state index in [2.05, 4.69) is 49.4 Å². The van der Waals surface area contributed by atoms with E-state index in [9.17, 15) is 4.79 Å². The fraction of sp³-hybridized carbons (Fsp3) is 0.421. The number of fused-ring (bicyclic) bond motifs is 2. The highest BCUT2D eigenvalue weighted by Crippen LogP contribution is 2.53. The molecule has 2 fully saturated rings. The highest BCUT2D eigenvalue weighted by molar-refractivity contribution is 5.84. The Morgan fingerprint density at radius 1 is 1.19 bits per heavy atom. The Kier molecular flexibility index (Phi) is 2.81. The van der Waals surface area contributed by atoms with E-state index in [1.165, 1.54) is 16.3 Å². The second-order valence-electron chi connectivity index (χ2n) is 6.62. The smallest absolute Gasteiger partial charge is 0.313 e. The normalized spacial score (nSPS) is 31.4. The zero-order valence-corrected chi connectivity index (χ0v) is 12.3. The summed E-state index contributed by atoms with van der Waals surface area (Å²) in [5.41, 5.74) is 0.994. The molecule has 1 saturated heterocycles. The van der Waals surface area contributed by atoms with Gasteiger partial charge in [0, 0.05) is 5.92 Å². The zero-order valence-electron chi connectivity index (χ0n) is 12.3. The lowest BCUT2D eigenvalue weighted by molar-refractivity contribution is -0.148. The number of carbonyl (C=O) groups excluding carboxylic acids is 1. The molecule has 21 heavy (non-hydrogen) atoms. The summed E-state index contributed by atoms with van der Waals surface area (Å²) in [5.74, 6) is 0.433. The minimum absolute atomic E-state index is 0.0330. The molecule has 0 amide bonds. The predicted octanol–water partition coefficient (Wildman–Crippen LogP) is 4.11. The highest BCUT2D eigenvalue weighted by Gasteiger charge is 2.57. The third-order valence-corrected chi connectivity index (χ3v) is 5.45. The molecule has 0 bridgehead atoms. The van der Waals surface area contributed by atoms with Crippen molar-refractivity contribution in [3.05, 3.63) is 48.0 Å². The van der Waals surface area contributed by atoms with Crippen molar-refractivity contribution in [1.29, 1.82) is 0 Å². The topological polar surface area (TPSA) is 26.3 Å². The third kappa shape index (κ3) is 1.89. The van der Waals surface area contributed by atoms with Gasteiger partial charge in [-0.15, -0.1) is 0 Å². The Morgan fingerprint density at radius 2 is 2.00 bits per heavy atom. The van der Waals surface area contributed by atoms with Gasteiger partial charge in [0.15, 0.2) is 0 Å². The molecule has 2 aromatic carbocycles. The number of hydrogen-bond donors (Lipinski definition) is 0. The van der Waals surface area contributed by atoms with Crippen LogP contribution in [0.15, 0.2) is 42.5 Å². The largest absolute Gasteiger partial charge is 0.462 e. The Hall–Kier alpha value is -1.83. The van der Waals surface area contributed by atoms with Crippen LogP contribution in [0.25, 0.3) is 10.8 Å². The molecule has 2 aliphatic rings. The van der Waals surface area contributed by atoms with Crippen LogP contribution in [0.5, 0.6) is 0 Å². The Bertz CT molecular complexity index is 706. The fourth-order valence-electron chi connectivity index (χ4n) is 4.41. The van der Waals surface area contributed by atoms with Gasteiger partial charge in [-0.2, -0.15) is 0 Å². The SMILES string of the molecule is CC1OC(=O)C2(Cc3ccc4ccccc4c3)CCCC12.